The third kappa shape index (κ3) is 2.79. The number of phenols is 1. The SMILES string of the molecule is CC(C)=Cc1cc([N+](=O)[O-])cc(Br)c1O. The molecule has 0 aromatic heterocycles. The molecule has 80 valence electrons. The summed E-state index contributed by atoms with van der Waals surface area (Å²) in [5, 5.41) is 20.2. The van der Waals surface area contributed by atoms with Gasteiger partial charge in [-0.15, -0.1) is 0 Å². The van der Waals surface area contributed by atoms with Gasteiger partial charge < -0.3 is 5.11 Å². The summed E-state index contributed by atoms with van der Waals surface area (Å²) in [7, 11) is 0. The normalized spacial score (nSPS) is 9.80. The molecular weight excluding hydrogens is 262 g/mol. The number of nitro benzene ring substituents is 1. The van der Waals surface area contributed by atoms with Gasteiger partial charge in [-0.2, -0.15) is 0 Å². The molecule has 15 heavy (non-hydrogen) atoms. The predicted octanol–water partition coefficient (Wildman–Crippen LogP) is 3.49. The molecule has 0 fully saturated rings. The van der Waals surface area contributed by atoms with Crippen LogP contribution in [0.25, 0.3) is 6.08 Å². The van der Waals surface area contributed by atoms with Gasteiger partial charge in [-0.1, -0.05) is 11.6 Å². The summed E-state index contributed by atoms with van der Waals surface area (Å²) in [6.45, 7) is 3.71. The van der Waals surface area contributed by atoms with Gasteiger partial charge >= 0.3 is 0 Å². The fraction of sp³-hybridized carbons (Fsp3) is 0.200. The minimum atomic E-state index is -0.494. The molecule has 0 aliphatic heterocycles. The second kappa shape index (κ2) is 4.44. The minimum Gasteiger partial charge on any atom is -0.506 e. The van der Waals surface area contributed by atoms with E-state index in [4.69, 9.17) is 0 Å². The number of rotatable bonds is 2. The molecule has 1 rings (SSSR count). The van der Waals surface area contributed by atoms with E-state index >= 15 is 0 Å². The number of phenolic OH excluding ortho intramolecular Hbond substituents is 1. The summed E-state index contributed by atoms with van der Waals surface area (Å²) in [5.41, 5.74) is 1.35. The summed E-state index contributed by atoms with van der Waals surface area (Å²) in [6, 6.07) is 2.62. The molecule has 0 atom stereocenters. The van der Waals surface area contributed by atoms with Crippen LogP contribution in [-0.4, -0.2) is 10.0 Å². The van der Waals surface area contributed by atoms with Crippen molar-refractivity contribution in [2.24, 2.45) is 0 Å². The van der Waals surface area contributed by atoms with Gasteiger partial charge in [0.2, 0.25) is 0 Å². The molecule has 1 N–H and O–H groups in total. The van der Waals surface area contributed by atoms with Crippen molar-refractivity contribution in [3.63, 3.8) is 0 Å². The van der Waals surface area contributed by atoms with Crippen molar-refractivity contribution in [2.45, 2.75) is 13.8 Å². The van der Waals surface area contributed by atoms with Crippen LogP contribution in [0.5, 0.6) is 5.75 Å². The van der Waals surface area contributed by atoms with Crippen LogP contribution in [0.15, 0.2) is 22.2 Å². The quantitative estimate of drug-likeness (QED) is 0.662. The molecule has 0 unspecified atom stereocenters. The number of allylic oxidation sites excluding steroid dienone is 1. The average Bonchev–Trinajstić information content (AvgIpc) is 2.11. The molecule has 5 heteroatoms. The van der Waals surface area contributed by atoms with Gasteiger partial charge in [-0.05, 0) is 29.8 Å². The smallest absolute Gasteiger partial charge is 0.271 e. The van der Waals surface area contributed by atoms with Crippen molar-refractivity contribution >= 4 is 27.7 Å². The molecule has 0 aliphatic rings. The Morgan fingerprint density at radius 2 is 2.13 bits per heavy atom. The summed E-state index contributed by atoms with van der Waals surface area (Å²) in [4.78, 5) is 10.1. The number of nitrogens with zero attached hydrogens (tertiary/aromatic N) is 1. The molecule has 0 aliphatic carbocycles. The number of nitro groups is 1. The van der Waals surface area contributed by atoms with E-state index in [-0.39, 0.29) is 11.4 Å². The van der Waals surface area contributed by atoms with Crippen LogP contribution in [0.2, 0.25) is 0 Å². The van der Waals surface area contributed by atoms with Gasteiger partial charge in [0.25, 0.3) is 5.69 Å². The molecule has 4 nitrogen and oxygen atoms in total. The largest absolute Gasteiger partial charge is 0.506 e. The number of benzene rings is 1. The fourth-order valence-corrected chi connectivity index (χ4v) is 1.60. The lowest BCUT2D eigenvalue weighted by molar-refractivity contribution is -0.385. The van der Waals surface area contributed by atoms with Gasteiger partial charge in [0.05, 0.1) is 9.40 Å². The second-order valence-corrected chi connectivity index (χ2v) is 4.20. The van der Waals surface area contributed by atoms with Crippen LogP contribution < -0.4 is 0 Å². The Bertz CT molecular complexity index is 437. The first-order valence-electron chi connectivity index (χ1n) is 4.23. The predicted molar refractivity (Wildman–Crippen MR) is 61.8 cm³/mol. The van der Waals surface area contributed by atoms with E-state index in [0.717, 1.165) is 5.57 Å². The molecule has 0 bridgehead atoms. The van der Waals surface area contributed by atoms with Crippen molar-refractivity contribution < 1.29 is 10.0 Å². The zero-order valence-corrected chi connectivity index (χ0v) is 9.91. The fourth-order valence-electron chi connectivity index (χ4n) is 1.13. The van der Waals surface area contributed by atoms with Crippen LogP contribution in [0.3, 0.4) is 0 Å². The highest BCUT2D eigenvalue weighted by Crippen LogP contribution is 2.33. The highest BCUT2D eigenvalue weighted by molar-refractivity contribution is 9.10. The van der Waals surface area contributed by atoms with Crippen LogP contribution in [0.1, 0.15) is 19.4 Å². The Labute approximate surface area is 95.5 Å². The molecule has 0 amide bonds. The molecule has 0 spiro atoms. The number of aromatic hydroxyl groups is 1. The Balaban J connectivity index is 3.38. The van der Waals surface area contributed by atoms with Gasteiger partial charge in [-0.25, -0.2) is 0 Å². The first-order valence-corrected chi connectivity index (χ1v) is 5.03. The zero-order valence-electron chi connectivity index (χ0n) is 8.32. The van der Waals surface area contributed by atoms with Crippen molar-refractivity contribution in [2.75, 3.05) is 0 Å². The van der Waals surface area contributed by atoms with Crippen LogP contribution in [0, 0.1) is 10.1 Å². The monoisotopic (exact) mass is 271 g/mol. The summed E-state index contributed by atoms with van der Waals surface area (Å²) in [5.74, 6) is 0.0156. The van der Waals surface area contributed by atoms with Crippen LogP contribution in [-0.2, 0) is 0 Å². The Kier molecular flexibility index (Phi) is 3.47. The molecule has 0 heterocycles. The minimum absolute atomic E-state index is 0.0156. The standard InChI is InChI=1S/C10H10BrNO3/c1-6(2)3-7-4-8(12(14)15)5-9(11)10(7)13/h3-5,13H,1-2H3. The molecule has 0 saturated carbocycles. The molecule has 1 aromatic carbocycles. The Morgan fingerprint density at radius 1 is 1.53 bits per heavy atom. The van der Waals surface area contributed by atoms with Crippen LogP contribution in [0.4, 0.5) is 5.69 Å². The number of non-ortho nitro benzene ring substituents is 1. The van der Waals surface area contributed by atoms with Crippen molar-refractivity contribution in [1.82, 2.24) is 0 Å². The maximum absolute atomic E-state index is 10.6. The highest BCUT2D eigenvalue weighted by atomic mass is 79.9. The number of hydrogen-bond acceptors (Lipinski definition) is 3. The van der Waals surface area contributed by atoms with E-state index in [9.17, 15) is 15.2 Å². The van der Waals surface area contributed by atoms with E-state index in [1.54, 1.807) is 6.08 Å². The number of hydrogen-bond donors (Lipinski definition) is 1. The van der Waals surface area contributed by atoms with E-state index < -0.39 is 4.92 Å². The first-order chi connectivity index (χ1) is 6.91. The van der Waals surface area contributed by atoms with Gasteiger partial charge in [0.15, 0.2) is 0 Å². The van der Waals surface area contributed by atoms with E-state index in [1.165, 1.54) is 12.1 Å². The zero-order chi connectivity index (χ0) is 11.6. The highest BCUT2D eigenvalue weighted by Gasteiger charge is 2.13. The average molecular weight is 272 g/mol. The van der Waals surface area contributed by atoms with Gasteiger partial charge in [0, 0.05) is 17.7 Å². The maximum Gasteiger partial charge on any atom is 0.271 e. The summed E-state index contributed by atoms with van der Waals surface area (Å²) >= 11 is 3.07. The molecule has 1 aromatic rings. The first kappa shape index (κ1) is 11.7. The lowest BCUT2D eigenvalue weighted by Gasteiger charge is -2.02. The molecular formula is C10H10BrNO3. The van der Waals surface area contributed by atoms with E-state index in [2.05, 4.69) is 15.9 Å². The lowest BCUT2D eigenvalue weighted by atomic mass is 10.1. The van der Waals surface area contributed by atoms with E-state index in [1.807, 2.05) is 13.8 Å². The van der Waals surface area contributed by atoms with Gasteiger partial charge in [-0.3, -0.25) is 10.1 Å². The Hall–Kier alpha value is -1.36. The second-order valence-electron chi connectivity index (χ2n) is 3.34. The third-order valence-corrected chi connectivity index (χ3v) is 2.34. The van der Waals surface area contributed by atoms with Crippen molar-refractivity contribution in [3.8, 4) is 5.75 Å². The van der Waals surface area contributed by atoms with E-state index in [0.29, 0.717) is 10.0 Å². The Morgan fingerprint density at radius 3 is 2.60 bits per heavy atom. The molecule has 0 saturated heterocycles. The molecule has 0 radical (unpaired) electrons. The maximum atomic E-state index is 10.6. The third-order valence-electron chi connectivity index (χ3n) is 1.73. The number of halogens is 1. The topological polar surface area (TPSA) is 63.4 Å². The van der Waals surface area contributed by atoms with Crippen molar-refractivity contribution in [3.05, 3.63) is 37.9 Å². The lowest BCUT2D eigenvalue weighted by Crippen LogP contribution is -1.89. The summed E-state index contributed by atoms with van der Waals surface area (Å²) in [6.07, 6.45) is 1.69. The van der Waals surface area contributed by atoms with Crippen molar-refractivity contribution in [1.29, 1.82) is 0 Å². The van der Waals surface area contributed by atoms with Gasteiger partial charge in [0.1, 0.15) is 5.75 Å². The van der Waals surface area contributed by atoms with Crippen LogP contribution >= 0.6 is 15.9 Å². The summed E-state index contributed by atoms with van der Waals surface area (Å²) < 4.78 is 0.323.